The quantitative estimate of drug-likeness (QED) is 0.375. The first-order valence-electron chi connectivity index (χ1n) is 10.3. The molecule has 0 radical (unpaired) electrons. The highest BCUT2D eigenvalue weighted by atomic mass is 16.6. The number of para-hydroxylation sites is 1. The van der Waals surface area contributed by atoms with Crippen LogP contribution in [0.15, 0.2) is 48.5 Å². The largest absolute Gasteiger partial charge is 0.490 e. The topological polar surface area (TPSA) is 106 Å². The summed E-state index contributed by atoms with van der Waals surface area (Å²) < 4.78 is 22.2. The van der Waals surface area contributed by atoms with Gasteiger partial charge < -0.3 is 18.9 Å². The zero-order valence-electron chi connectivity index (χ0n) is 18.8. The second kappa shape index (κ2) is 10.4. The smallest absolute Gasteiger partial charge is 0.357 e. The average molecular weight is 452 g/mol. The van der Waals surface area contributed by atoms with Crippen LogP contribution in [0, 0.1) is 0 Å². The van der Waals surface area contributed by atoms with Crippen LogP contribution in [0.2, 0.25) is 0 Å². The molecule has 172 valence electrons. The van der Waals surface area contributed by atoms with Crippen molar-refractivity contribution in [1.82, 2.24) is 9.78 Å². The van der Waals surface area contributed by atoms with Crippen LogP contribution in [0.3, 0.4) is 0 Å². The molecule has 1 aromatic heterocycles. The fraction of sp³-hybridized carbons (Fsp3) is 0.250. The molecular formula is C24H24N2O7. The zero-order valence-corrected chi connectivity index (χ0v) is 18.8. The molecule has 0 spiro atoms. The van der Waals surface area contributed by atoms with Gasteiger partial charge in [-0.25, -0.2) is 14.3 Å². The molecule has 2 aromatic carbocycles. The van der Waals surface area contributed by atoms with E-state index in [0.29, 0.717) is 23.6 Å². The van der Waals surface area contributed by atoms with E-state index < -0.39 is 17.9 Å². The molecule has 0 saturated heterocycles. The Morgan fingerprint density at radius 1 is 0.909 bits per heavy atom. The summed E-state index contributed by atoms with van der Waals surface area (Å²) in [6, 6.07) is 13.6. The molecule has 3 aromatic rings. The normalized spacial score (nSPS) is 10.4. The second-order valence-electron chi connectivity index (χ2n) is 6.72. The fourth-order valence-electron chi connectivity index (χ4n) is 3.16. The van der Waals surface area contributed by atoms with Gasteiger partial charge in [-0.3, -0.25) is 4.79 Å². The van der Waals surface area contributed by atoms with Gasteiger partial charge in [-0.15, -0.1) is 0 Å². The van der Waals surface area contributed by atoms with Crippen LogP contribution in [-0.2, 0) is 14.3 Å². The van der Waals surface area contributed by atoms with Crippen LogP contribution < -0.4 is 9.47 Å². The maximum absolute atomic E-state index is 12.8. The zero-order chi connectivity index (χ0) is 24.0. The van der Waals surface area contributed by atoms with Gasteiger partial charge in [-0.2, -0.15) is 5.10 Å². The molecule has 0 aliphatic rings. The average Bonchev–Trinajstić information content (AvgIpc) is 3.25. The lowest BCUT2D eigenvalue weighted by molar-refractivity contribution is -0.134. The van der Waals surface area contributed by atoms with E-state index in [9.17, 15) is 14.4 Å². The molecule has 9 heteroatoms. The Morgan fingerprint density at radius 3 is 2.21 bits per heavy atom. The predicted molar refractivity (Wildman–Crippen MR) is 119 cm³/mol. The van der Waals surface area contributed by atoms with Crippen molar-refractivity contribution in [3.05, 3.63) is 59.8 Å². The van der Waals surface area contributed by atoms with Gasteiger partial charge in [0.25, 0.3) is 0 Å². The Kier molecular flexibility index (Phi) is 7.45. The molecule has 0 unspecified atom stereocenters. The molecule has 33 heavy (non-hydrogen) atoms. The number of benzene rings is 2. The lowest BCUT2D eigenvalue weighted by Crippen LogP contribution is -2.15. The maximum atomic E-state index is 12.8. The molecule has 0 atom stereocenters. The van der Waals surface area contributed by atoms with Gasteiger partial charge in [0.1, 0.15) is 11.3 Å². The Balaban J connectivity index is 2.27. The van der Waals surface area contributed by atoms with Gasteiger partial charge in [-0.05, 0) is 37.3 Å². The SMILES string of the molecule is CCOc1cc(-c2nn(-c3ccccc3)c(C(=O)OC)c2C(=O)OC)ccc1OC(=O)CC. The monoisotopic (exact) mass is 452 g/mol. The van der Waals surface area contributed by atoms with Crippen LogP contribution in [-0.4, -0.2) is 48.5 Å². The van der Waals surface area contributed by atoms with Gasteiger partial charge >= 0.3 is 17.9 Å². The standard InChI is InChI=1S/C24H24N2O7/c1-5-19(27)33-17-13-12-15(14-18(17)32-6-2)21-20(23(28)30-3)22(24(29)31-4)26(25-21)16-10-8-7-9-11-16/h7-14H,5-6H2,1-4H3. The minimum Gasteiger partial charge on any atom is -0.490 e. The predicted octanol–water partition coefficient (Wildman–Crippen LogP) is 3.83. The summed E-state index contributed by atoms with van der Waals surface area (Å²) in [6.45, 7) is 3.79. The van der Waals surface area contributed by atoms with Crippen molar-refractivity contribution >= 4 is 17.9 Å². The Morgan fingerprint density at radius 2 is 1.61 bits per heavy atom. The Labute approximate surface area is 190 Å². The minimum absolute atomic E-state index is 0.0612. The molecule has 0 bridgehead atoms. The first kappa shape index (κ1) is 23.5. The van der Waals surface area contributed by atoms with Crippen LogP contribution in [0.1, 0.15) is 41.1 Å². The number of hydrogen-bond donors (Lipinski definition) is 0. The third kappa shape index (κ3) is 4.87. The molecule has 0 aliphatic heterocycles. The molecule has 0 amide bonds. The molecule has 0 aliphatic carbocycles. The first-order valence-corrected chi connectivity index (χ1v) is 10.3. The lowest BCUT2D eigenvalue weighted by Gasteiger charge is -2.12. The van der Waals surface area contributed by atoms with E-state index in [1.54, 1.807) is 56.3 Å². The Hall–Kier alpha value is -4.14. The molecule has 0 N–H and O–H groups in total. The van der Waals surface area contributed by atoms with E-state index in [1.807, 2.05) is 6.07 Å². The van der Waals surface area contributed by atoms with E-state index in [0.717, 1.165) is 0 Å². The number of aromatic nitrogens is 2. The highest BCUT2D eigenvalue weighted by molar-refractivity contribution is 6.07. The number of carbonyl (C=O) groups is 3. The minimum atomic E-state index is -0.757. The number of methoxy groups -OCH3 is 2. The third-order valence-corrected chi connectivity index (χ3v) is 4.68. The summed E-state index contributed by atoms with van der Waals surface area (Å²) in [6.07, 6.45) is 0.198. The summed E-state index contributed by atoms with van der Waals surface area (Å²) in [5, 5.41) is 4.55. The summed E-state index contributed by atoms with van der Waals surface area (Å²) in [7, 11) is 2.43. The van der Waals surface area contributed by atoms with E-state index >= 15 is 0 Å². The number of nitrogens with zero attached hydrogens (tertiary/aromatic N) is 2. The highest BCUT2D eigenvalue weighted by Gasteiger charge is 2.31. The van der Waals surface area contributed by atoms with Crippen molar-refractivity contribution in [2.75, 3.05) is 20.8 Å². The van der Waals surface area contributed by atoms with Gasteiger partial charge in [0.15, 0.2) is 17.2 Å². The number of ether oxygens (including phenoxy) is 4. The van der Waals surface area contributed by atoms with Crippen molar-refractivity contribution < 1.29 is 33.3 Å². The van der Waals surface area contributed by atoms with Crippen molar-refractivity contribution in [2.45, 2.75) is 20.3 Å². The summed E-state index contributed by atoms with van der Waals surface area (Å²) in [5.41, 5.74) is 1.04. The van der Waals surface area contributed by atoms with Crippen LogP contribution in [0.5, 0.6) is 11.5 Å². The van der Waals surface area contributed by atoms with Crippen LogP contribution >= 0.6 is 0 Å². The van der Waals surface area contributed by atoms with Crippen molar-refractivity contribution in [3.63, 3.8) is 0 Å². The van der Waals surface area contributed by atoms with Gasteiger partial charge in [0.05, 0.1) is 26.5 Å². The van der Waals surface area contributed by atoms with E-state index in [2.05, 4.69) is 5.10 Å². The number of carbonyl (C=O) groups excluding carboxylic acids is 3. The molecule has 0 fully saturated rings. The highest BCUT2D eigenvalue weighted by Crippen LogP contribution is 2.36. The van der Waals surface area contributed by atoms with Gasteiger partial charge in [0.2, 0.25) is 0 Å². The number of rotatable bonds is 8. The lowest BCUT2D eigenvalue weighted by atomic mass is 10.0. The first-order chi connectivity index (χ1) is 15.9. The van der Waals surface area contributed by atoms with Crippen LogP contribution in [0.25, 0.3) is 16.9 Å². The molecule has 3 rings (SSSR count). The molecule has 1 heterocycles. The molecular weight excluding hydrogens is 428 g/mol. The molecule has 0 saturated carbocycles. The van der Waals surface area contributed by atoms with Gasteiger partial charge in [0, 0.05) is 12.0 Å². The summed E-state index contributed by atoms with van der Waals surface area (Å²) in [4.78, 5) is 37.3. The van der Waals surface area contributed by atoms with Crippen LogP contribution in [0.4, 0.5) is 0 Å². The van der Waals surface area contributed by atoms with Gasteiger partial charge in [-0.1, -0.05) is 25.1 Å². The number of esters is 3. The van der Waals surface area contributed by atoms with Crippen molar-refractivity contribution in [3.8, 4) is 28.4 Å². The third-order valence-electron chi connectivity index (χ3n) is 4.68. The summed E-state index contributed by atoms with van der Waals surface area (Å²) >= 11 is 0. The second-order valence-corrected chi connectivity index (χ2v) is 6.72. The Bertz CT molecular complexity index is 1170. The summed E-state index contributed by atoms with van der Waals surface area (Å²) in [5.74, 6) is -1.40. The number of hydrogen-bond acceptors (Lipinski definition) is 8. The maximum Gasteiger partial charge on any atom is 0.357 e. The van der Waals surface area contributed by atoms with E-state index in [4.69, 9.17) is 18.9 Å². The van der Waals surface area contributed by atoms with E-state index in [1.165, 1.54) is 18.9 Å². The fourth-order valence-corrected chi connectivity index (χ4v) is 3.16. The molecule has 9 nitrogen and oxygen atoms in total. The van der Waals surface area contributed by atoms with Crippen molar-refractivity contribution in [2.24, 2.45) is 0 Å². The van der Waals surface area contributed by atoms with E-state index in [-0.39, 0.29) is 29.1 Å². The van der Waals surface area contributed by atoms with Crippen molar-refractivity contribution in [1.29, 1.82) is 0 Å².